The highest BCUT2D eigenvalue weighted by Gasteiger charge is 2.15. The number of nitrogens with zero attached hydrogens (tertiary/aromatic N) is 2. The summed E-state index contributed by atoms with van der Waals surface area (Å²) < 4.78 is 5.71. The molecule has 1 N–H and O–H groups in total. The molecule has 27 heavy (non-hydrogen) atoms. The van der Waals surface area contributed by atoms with E-state index < -0.39 is 0 Å². The zero-order valence-corrected chi connectivity index (χ0v) is 16.1. The van der Waals surface area contributed by atoms with Crippen LogP contribution in [0.25, 0.3) is 0 Å². The molecule has 1 aliphatic heterocycles. The van der Waals surface area contributed by atoms with Gasteiger partial charge in [-0.15, -0.1) is 0 Å². The van der Waals surface area contributed by atoms with Crippen LogP contribution in [0.3, 0.4) is 0 Å². The van der Waals surface area contributed by atoms with E-state index in [1.54, 1.807) is 18.3 Å². The summed E-state index contributed by atoms with van der Waals surface area (Å²) in [6.45, 7) is 6.72. The fraction of sp³-hybridized carbons (Fsp3) is 0.455. The van der Waals surface area contributed by atoms with E-state index in [4.69, 9.17) is 4.74 Å². The summed E-state index contributed by atoms with van der Waals surface area (Å²) in [7, 11) is 0. The predicted molar refractivity (Wildman–Crippen MR) is 107 cm³/mol. The molecule has 1 unspecified atom stereocenters. The molecule has 0 radical (unpaired) electrons. The molecular weight excluding hydrogens is 338 g/mol. The number of hydrogen-bond donors (Lipinski definition) is 1. The van der Waals surface area contributed by atoms with Gasteiger partial charge in [0, 0.05) is 30.9 Å². The molecule has 0 saturated carbocycles. The van der Waals surface area contributed by atoms with Gasteiger partial charge in [-0.25, -0.2) is 4.98 Å². The fourth-order valence-electron chi connectivity index (χ4n) is 3.38. The van der Waals surface area contributed by atoms with E-state index in [1.807, 2.05) is 30.3 Å². The second-order valence-electron chi connectivity index (χ2n) is 7.33. The second kappa shape index (κ2) is 10.1. The highest BCUT2D eigenvalue weighted by molar-refractivity contribution is 5.94. The standard InChI is InChI=1S/C22H29N3O2/c1-18(16-25-12-6-3-7-13-25)15-24-22(26)20-10-11-23-21(14-20)27-17-19-8-4-2-5-9-19/h2,4-5,8-11,14,18H,3,6-7,12-13,15-17H2,1H3,(H,24,26). The third-order valence-corrected chi connectivity index (χ3v) is 4.86. The number of aromatic nitrogens is 1. The molecule has 5 nitrogen and oxygen atoms in total. The van der Waals surface area contributed by atoms with E-state index in [-0.39, 0.29) is 5.91 Å². The van der Waals surface area contributed by atoms with Gasteiger partial charge in [0.2, 0.25) is 5.88 Å². The summed E-state index contributed by atoms with van der Waals surface area (Å²) in [4.78, 5) is 19.2. The molecule has 144 valence electrons. The zero-order valence-electron chi connectivity index (χ0n) is 16.1. The first-order valence-electron chi connectivity index (χ1n) is 9.84. The molecule has 1 atom stereocenters. The SMILES string of the molecule is CC(CNC(=O)c1ccnc(OCc2ccccc2)c1)CN1CCCCC1. The summed E-state index contributed by atoms with van der Waals surface area (Å²) in [6, 6.07) is 13.3. The highest BCUT2D eigenvalue weighted by Crippen LogP contribution is 2.13. The zero-order chi connectivity index (χ0) is 18.9. The predicted octanol–water partition coefficient (Wildman–Crippen LogP) is 3.51. The molecule has 1 aliphatic rings. The van der Waals surface area contributed by atoms with E-state index >= 15 is 0 Å². The summed E-state index contributed by atoms with van der Waals surface area (Å²) in [6.07, 6.45) is 5.55. The minimum absolute atomic E-state index is 0.0764. The number of amides is 1. The molecule has 1 aromatic heterocycles. The van der Waals surface area contributed by atoms with Crippen molar-refractivity contribution in [1.29, 1.82) is 0 Å². The molecular formula is C22H29N3O2. The Bertz CT molecular complexity index is 715. The van der Waals surface area contributed by atoms with Crippen LogP contribution < -0.4 is 10.1 Å². The Morgan fingerprint density at radius 3 is 2.74 bits per heavy atom. The number of nitrogens with one attached hydrogen (secondary N) is 1. The maximum absolute atomic E-state index is 12.5. The van der Waals surface area contributed by atoms with Gasteiger partial charge < -0.3 is 15.0 Å². The van der Waals surface area contributed by atoms with Crippen LogP contribution in [0.5, 0.6) is 5.88 Å². The Morgan fingerprint density at radius 1 is 1.19 bits per heavy atom. The van der Waals surface area contributed by atoms with E-state index in [0.717, 1.165) is 12.1 Å². The number of likely N-dealkylation sites (tertiary alicyclic amines) is 1. The van der Waals surface area contributed by atoms with Crippen LogP contribution in [0.15, 0.2) is 48.7 Å². The number of piperidine rings is 1. The smallest absolute Gasteiger partial charge is 0.251 e. The van der Waals surface area contributed by atoms with Crippen LogP contribution in [0, 0.1) is 5.92 Å². The van der Waals surface area contributed by atoms with Crippen molar-refractivity contribution in [3.63, 3.8) is 0 Å². The van der Waals surface area contributed by atoms with Crippen LogP contribution in [0.1, 0.15) is 42.1 Å². The number of carbonyl (C=O) groups excluding carboxylic acids is 1. The molecule has 1 amide bonds. The van der Waals surface area contributed by atoms with E-state index in [1.165, 1.54) is 32.4 Å². The molecule has 1 fully saturated rings. The summed E-state index contributed by atoms with van der Waals surface area (Å²) in [5.41, 5.74) is 1.65. The van der Waals surface area contributed by atoms with Crippen LogP contribution in [-0.2, 0) is 6.61 Å². The van der Waals surface area contributed by atoms with Gasteiger partial charge in [-0.05, 0) is 43.5 Å². The quantitative estimate of drug-likeness (QED) is 0.776. The Balaban J connectivity index is 1.46. The van der Waals surface area contributed by atoms with Gasteiger partial charge in [0.25, 0.3) is 5.91 Å². The van der Waals surface area contributed by atoms with Gasteiger partial charge in [-0.1, -0.05) is 43.7 Å². The van der Waals surface area contributed by atoms with Crippen LogP contribution in [-0.4, -0.2) is 42.0 Å². The lowest BCUT2D eigenvalue weighted by Crippen LogP contribution is -2.38. The van der Waals surface area contributed by atoms with Crippen molar-refractivity contribution < 1.29 is 9.53 Å². The number of pyridine rings is 1. The van der Waals surface area contributed by atoms with Gasteiger partial charge in [0.1, 0.15) is 6.61 Å². The minimum atomic E-state index is -0.0764. The molecule has 3 rings (SSSR count). The molecule has 2 heterocycles. The van der Waals surface area contributed by atoms with E-state index in [2.05, 4.69) is 22.1 Å². The molecule has 2 aromatic rings. The van der Waals surface area contributed by atoms with Crippen molar-refractivity contribution in [1.82, 2.24) is 15.2 Å². The van der Waals surface area contributed by atoms with Gasteiger partial charge in [-0.3, -0.25) is 4.79 Å². The van der Waals surface area contributed by atoms with Crippen LogP contribution in [0.2, 0.25) is 0 Å². The minimum Gasteiger partial charge on any atom is -0.473 e. The lowest BCUT2D eigenvalue weighted by atomic mass is 10.1. The van der Waals surface area contributed by atoms with Gasteiger partial charge >= 0.3 is 0 Å². The van der Waals surface area contributed by atoms with Crippen molar-refractivity contribution in [2.75, 3.05) is 26.2 Å². The average molecular weight is 367 g/mol. The highest BCUT2D eigenvalue weighted by atomic mass is 16.5. The topological polar surface area (TPSA) is 54.5 Å². The summed E-state index contributed by atoms with van der Waals surface area (Å²) in [5.74, 6) is 0.822. The normalized spacial score (nSPS) is 15.9. The number of ether oxygens (including phenoxy) is 1. The van der Waals surface area contributed by atoms with Gasteiger partial charge in [0.05, 0.1) is 0 Å². The third kappa shape index (κ3) is 6.36. The number of hydrogen-bond acceptors (Lipinski definition) is 4. The monoisotopic (exact) mass is 367 g/mol. The maximum Gasteiger partial charge on any atom is 0.251 e. The molecule has 0 spiro atoms. The van der Waals surface area contributed by atoms with Crippen molar-refractivity contribution in [3.05, 3.63) is 59.8 Å². The van der Waals surface area contributed by atoms with Crippen molar-refractivity contribution >= 4 is 5.91 Å². The first kappa shape index (κ1) is 19.4. The number of rotatable bonds is 8. The molecule has 1 aromatic carbocycles. The molecule has 0 bridgehead atoms. The number of carbonyl (C=O) groups is 1. The number of benzene rings is 1. The Kier molecular flexibility index (Phi) is 7.22. The summed E-state index contributed by atoms with van der Waals surface area (Å²) >= 11 is 0. The first-order valence-corrected chi connectivity index (χ1v) is 9.84. The maximum atomic E-state index is 12.5. The first-order chi connectivity index (χ1) is 13.2. The van der Waals surface area contributed by atoms with Crippen molar-refractivity contribution in [2.45, 2.75) is 32.8 Å². The van der Waals surface area contributed by atoms with Crippen molar-refractivity contribution in [2.24, 2.45) is 5.92 Å². The molecule has 1 saturated heterocycles. The van der Waals surface area contributed by atoms with Crippen LogP contribution >= 0.6 is 0 Å². The third-order valence-electron chi connectivity index (χ3n) is 4.86. The Labute approximate surface area is 161 Å². The molecule has 0 aliphatic carbocycles. The fourth-order valence-corrected chi connectivity index (χ4v) is 3.38. The Morgan fingerprint density at radius 2 is 1.96 bits per heavy atom. The van der Waals surface area contributed by atoms with Gasteiger partial charge in [-0.2, -0.15) is 0 Å². The second-order valence-corrected chi connectivity index (χ2v) is 7.33. The van der Waals surface area contributed by atoms with Gasteiger partial charge in [0.15, 0.2) is 0 Å². The van der Waals surface area contributed by atoms with E-state index in [9.17, 15) is 4.79 Å². The van der Waals surface area contributed by atoms with Crippen molar-refractivity contribution in [3.8, 4) is 5.88 Å². The Hall–Kier alpha value is -2.40. The average Bonchev–Trinajstić information content (AvgIpc) is 2.72. The van der Waals surface area contributed by atoms with E-state index in [0.29, 0.717) is 30.5 Å². The van der Waals surface area contributed by atoms with Crippen LogP contribution in [0.4, 0.5) is 0 Å². The lowest BCUT2D eigenvalue weighted by molar-refractivity contribution is 0.0942. The molecule has 5 heteroatoms. The summed E-state index contributed by atoms with van der Waals surface area (Å²) in [5, 5.41) is 3.04. The lowest BCUT2D eigenvalue weighted by Gasteiger charge is -2.29. The largest absolute Gasteiger partial charge is 0.473 e.